The Morgan fingerprint density at radius 1 is 1.22 bits per heavy atom. The fourth-order valence-electron chi connectivity index (χ4n) is 1.53. The molecule has 0 aliphatic heterocycles. The molecular formula is C13H17N3OS. The molecule has 96 valence electrons. The van der Waals surface area contributed by atoms with E-state index in [-0.39, 0.29) is 0 Å². The molecule has 1 N–H and O–H groups in total. The molecule has 0 fully saturated rings. The molecule has 0 saturated carbocycles. The molecule has 0 bridgehead atoms. The van der Waals surface area contributed by atoms with Crippen molar-refractivity contribution < 1.29 is 4.74 Å². The Balaban J connectivity index is 1.94. The lowest BCUT2D eigenvalue weighted by Crippen LogP contribution is -2.03. The number of thiophene rings is 1. The van der Waals surface area contributed by atoms with Gasteiger partial charge in [-0.2, -0.15) is 4.98 Å². The van der Waals surface area contributed by atoms with E-state index in [1.807, 2.05) is 18.3 Å². The van der Waals surface area contributed by atoms with Gasteiger partial charge in [-0.25, -0.2) is 4.98 Å². The Bertz CT molecular complexity index is 498. The van der Waals surface area contributed by atoms with E-state index in [2.05, 4.69) is 34.3 Å². The van der Waals surface area contributed by atoms with Crippen molar-refractivity contribution in [3.05, 3.63) is 34.2 Å². The summed E-state index contributed by atoms with van der Waals surface area (Å²) in [6.07, 6.45) is 2.78. The Kier molecular flexibility index (Phi) is 4.52. The molecule has 0 aliphatic rings. The number of hydrogen-bond donors (Lipinski definition) is 1. The number of aromatic nitrogens is 2. The average molecular weight is 263 g/mol. The lowest BCUT2D eigenvalue weighted by molar-refractivity contribution is 0.326. The van der Waals surface area contributed by atoms with Crippen molar-refractivity contribution in [2.45, 2.75) is 26.8 Å². The Morgan fingerprint density at radius 3 is 2.78 bits per heavy atom. The van der Waals surface area contributed by atoms with Crippen LogP contribution in [0.15, 0.2) is 24.4 Å². The number of nitrogens with zero attached hydrogens (tertiary/aromatic N) is 2. The smallest absolute Gasteiger partial charge is 0.226 e. The highest BCUT2D eigenvalue weighted by Crippen LogP contribution is 2.18. The zero-order valence-corrected chi connectivity index (χ0v) is 11.5. The lowest BCUT2D eigenvalue weighted by Gasteiger charge is -2.05. The summed E-state index contributed by atoms with van der Waals surface area (Å²) in [7, 11) is 0. The van der Waals surface area contributed by atoms with Crippen LogP contribution in [0, 0.1) is 0 Å². The van der Waals surface area contributed by atoms with Crippen molar-refractivity contribution in [2.24, 2.45) is 0 Å². The number of anilines is 1. The van der Waals surface area contributed by atoms with E-state index in [4.69, 9.17) is 4.74 Å². The van der Waals surface area contributed by atoms with Crippen LogP contribution in [0.1, 0.15) is 23.6 Å². The Labute approximate surface area is 111 Å². The van der Waals surface area contributed by atoms with Crippen LogP contribution in [0.3, 0.4) is 0 Å². The molecule has 18 heavy (non-hydrogen) atoms. The highest BCUT2D eigenvalue weighted by Gasteiger charge is 2.01. The summed E-state index contributed by atoms with van der Waals surface area (Å²) in [6, 6.07) is 6.07. The topological polar surface area (TPSA) is 47.0 Å². The van der Waals surface area contributed by atoms with Crippen molar-refractivity contribution in [1.82, 2.24) is 9.97 Å². The van der Waals surface area contributed by atoms with Crippen LogP contribution in [0.5, 0.6) is 5.88 Å². The van der Waals surface area contributed by atoms with Gasteiger partial charge in [0.2, 0.25) is 11.8 Å². The molecular weight excluding hydrogens is 246 g/mol. The lowest BCUT2D eigenvalue weighted by atomic mass is 10.4. The van der Waals surface area contributed by atoms with Gasteiger partial charge < -0.3 is 10.1 Å². The molecule has 0 amide bonds. The summed E-state index contributed by atoms with van der Waals surface area (Å²) in [5.74, 6) is 1.21. The van der Waals surface area contributed by atoms with Crippen LogP contribution in [0.4, 0.5) is 5.95 Å². The first-order chi connectivity index (χ1) is 8.81. The molecule has 2 rings (SSSR count). The van der Waals surface area contributed by atoms with E-state index < -0.39 is 0 Å². The number of hydrogen-bond acceptors (Lipinski definition) is 5. The maximum absolute atomic E-state index is 5.33. The molecule has 4 nitrogen and oxygen atoms in total. The zero-order valence-electron chi connectivity index (χ0n) is 10.6. The van der Waals surface area contributed by atoms with Gasteiger partial charge in [-0.15, -0.1) is 11.3 Å². The molecule has 0 saturated heterocycles. The highest BCUT2D eigenvalue weighted by molar-refractivity contribution is 7.12. The van der Waals surface area contributed by atoms with E-state index in [1.54, 1.807) is 12.3 Å². The van der Waals surface area contributed by atoms with E-state index in [0.717, 1.165) is 13.0 Å². The van der Waals surface area contributed by atoms with Crippen molar-refractivity contribution in [1.29, 1.82) is 0 Å². The number of ether oxygens (including phenoxy) is 1. The van der Waals surface area contributed by atoms with Crippen LogP contribution in [0.2, 0.25) is 0 Å². The van der Waals surface area contributed by atoms with Crippen LogP contribution >= 0.6 is 11.3 Å². The first kappa shape index (κ1) is 12.8. The van der Waals surface area contributed by atoms with E-state index in [0.29, 0.717) is 18.4 Å². The molecule has 0 aromatic carbocycles. The van der Waals surface area contributed by atoms with Crippen molar-refractivity contribution >= 4 is 17.3 Å². The quantitative estimate of drug-likeness (QED) is 0.870. The summed E-state index contributed by atoms with van der Waals surface area (Å²) in [6.45, 7) is 5.46. The molecule has 5 heteroatoms. The average Bonchev–Trinajstić information content (AvgIpc) is 2.85. The largest absolute Gasteiger partial charge is 0.478 e. The van der Waals surface area contributed by atoms with Gasteiger partial charge in [-0.1, -0.05) is 6.92 Å². The summed E-state index contributed by atoms with van der Waals surface area (Å²) < 4.78 is 5.33. The van der Waals surface area contributed by atoms with E-state index in [9.17, 15) is 0 Å². The normalized spacial score (nSPS) is 10.3. The minimum absolute atomic E-state index is 0.604. The predicted molar refractivity (Wildman–Crippen MR) is 74.2 cm³/mol. The first-order valence-corrected chi connectivity index (χ1v) is 6.90. The molecule has 0 unspecified atom stereocenters. The Hall–Kier alpha value is -1.62. The number of nitrogens with one attached hydrogen (secondary N) is 1. The standard InChI is InChI=1S/C13H17N3OS/c1-3-10-5-6-11(18-10)9-15-13-14-8-7-12(16-13)17-4-2/h5-8H,3-4,9H2,1-2H3,(H,14,15,16). The second-order valence-electron chi connectivity index (χ2n) is 3.73. The Morgan fingerprint density at radius 2 is 2.06 bits per heavy atom. The van der Waals surface area contributed by atoms with Crippen LogP contribution in [-0.4, -0.2) is 16.6 Å². The van der Waals surface area contributed by atoms with Gasteiger partial charge in [-0.3, -0.25) is 0 Å². The molecule has 0 spiro atoms. The van der Waals surface area contributed by atoms with Crippen molar-refractivity contribution in [3.8, 4) is 5.88 Å². The summed E-state index contributed by atoms with van der Waals surface area (Å²) in [5, 5.41) is 3.21. The summed E-state index contributed by atoms with van der Waals surface area (Å²) >= 11 is 1.82. The second-order valence-corrected chi connectivity index (χ2v) is 4.98. The van der Waals surface area contributed by atoms with Crippen LogP contribution in [-0.2, 0) is 13.0 Å². The SMILES string of the molecule is CCOc1ccnc(NCc2ccc(CC)s2)n1. The second kappa shape index (κ2) is 6.35. The van der Waals surface area contributed by atoms with Crippen LogP contribution in [0.25, 0.3) is 0 Å². The third-order valence-corrected chi connectivity index (χ3v) is 3.64. The zero-order chi connectivity index (χ0) is 12.8. The molecule has 2 heterocycles. The number of aryl methyl sites for hydroxylation is 1. The summed E-state index contributed by atoms with van der Waals surface area (Å²) in [5.41, 5.74) is 0. The van der Waals surface area contributed by atoms with Gasteiger partial charge in [-0.05, 0) is 25.5 Å². The van der Waals surface area contributed by atoms with Gasteiger partial charge in [0.05, 0.1) is 13.2 Å². The minimum Gasteiger partial charge on any atom is -0.478 e. The van der Waals surface area contributed by atoms with Gasteiger partial charge >= 0.3 is 0 Å². The third kappa shape index (κ3) is 3.43. The molecule has 2 aromatic rings. The van der Waals surface area contributed by atoms with Gasteiger partial charge in [0.1, 0.15) is 0 Å². The van der Waals surface area contributed by atoms with E-state index in [1.165, 1.54) is 9.75 Å². The first-order valence-electron chi connectivity index (χ1n) is 6.09. The molecule has 2 aromatic heterocycles. The van der Waals surface area contributed by atoms with Crippen LogP contribution < -0.4 is 10.1 Å². The summed E-state index contributed by atoms with van der Waals surface area (Å²) in [4.78, 5) is 11.1. The van der Waals surface area contributed by atoms with Gasteiger partial charge in [0, 0.05) is 22.0 Å². The van der Waals surface area contributed by atoms with Crippen molar-refractivity contribution in [3.63, 3.8) is 0 Å². The van der Waals surface area contributed by atoms with Gasteiger partial charge in [0.15, 0.2) is 0 Å². The molecule has 0 radical (unpaired) electrons. The predicted octanol–water partition coefficient (Wildman–Crippen LogP) is 3.11. The van der Waals surface area contributed by atoms with Crippen molar-refractivity contribution in [2.75, 3.05) is 11.9 Å². The van der Waals surface area contributed by atoms with E-state index >= 15 is 0 Å². The monoisotopic (exact) mass is 263 g/mol. The third-order valence-electron chi connectivity index (χ3n) is 2.41. The maximum Gasteiger partial charge on any atom is 0.226 e. The molecule has 0 aliphatic carbocycles. The highest BCUT2D eigenvalue weighted by atomic mass is 32.1. The minimum atomic E-state index is 0.604. The molecule has 0 atom stereocenters. The van der Waals surface area contributed by atoms with Gasteiger partial charge in [0.25, 0.3) is 0 Å². The number of rotatable bonds is 6. The fourth-order valence-corrected chi connectivity index (χ4v) is 2.43. The fraction of sp³-hybridized carbons (Fsp3) is 0.385. The maximum atomic E-state index is 5.33.